The van der Waals surface area contributed by atoms with Crippen LogP contribution < -0.4 is 5.56 Å². The minimum Gasteiger partial charge on any atom is -0.325 e. The van der Waals surface area contributed by atoms with Gasteiger partial charge in [0, 0.05) is 30.9 Å². The highest BCUT2D eigenvalue weighted by molar-refractivity contribution is 7.89. The van der Waals surface area contributed by atoms with Gasteiger partial charge in [-0.3, -0.25) is 9.78 Å². The van der Waals surface area contributed by atoms with Crippen molar-refractivity contribution in [3.05, 3.63) is 70.3 Å². The second kappa shape index (κ2) is 7.06. The lowest BCUT2D eigenvalue weighted by Crippen LogP contribution is -2.38. The van der Waals surface area contributed by atoms with Crippen molar-refractivity contribution in [3.63, 3.8) is 0 Å². The Bertz CT molecular complexity index is 1200. The quantitative estimate of drug-likeness (QED) is 0.726. The van der Waals surface area contributed by atoms with Crippen molar-refractivity contribution < 1.29 is 17.2 Å². The number of pyridine rings is 2. The van der Waals surface area contributed by atoms with Gasteiger partial charge in [0.15, 0.2) is 11.6 Å². The molecule has 6 nitrogen and oxygen atoms in total. The summed E-state index contributed by atoms with van der Waals surface area (Å²) in [4.78, 5) is 19.1. The predicted octanol–water partition coefficient (Wildman–Crippen LogP) is 2.77. The van der Waals surface area contributed by atoms with E-state index < -0.39 is 21.7 Å². The highest BCUT2D eigenvalue weighted by Crippen LogP contribution is 2.30. The summed E-state index contributed by atoms with van der Waals surface area (Å²) in [6.07, 6.45) is 2.61. The summed E-state index contributed by atoms with van der Waals surface area (Å²) in [7, 11) is -3.91. The minimum atomic E-state index is -3.91. The van der Waals surface area contributed by atoms with Crippen LogP contribution in [0.25, 0.3) is 10.9 Å². The first kappa shape index (κ1) is 18.7. The lowest BCUT2D eigenvalue weighted by molar-refractivity contribution is 0.316. The van der Waals surface area contributed by atoms with E-state index in [4.69, 9.17) is 0 Å². The minimum absolute atomic E-state index is 0.0180. The van der Waals surface area contributed by atoms with E-state index in [1.54, 1.807) is 18.3 Å². The van der Waals surface area contributed by atoms with Gasteiger partial charge in [-0.2, -0.15) is 4.31 Å². The van der Waals surface area contributed by atoms with Gasteiger partial charge in [-0.1, -0.05) is 0 Å². The molecule has 0 aliphatic carbocycles. The van der Waals surface area contributed by atoms with Crippen LogP contribution in [0.3, 0.4) is 0 Å². The number of H-pyrrole nitrogens is 1. The Hall–Kier alpha value is -2.65. The molecule has 146 valence electrons. The molecule has 0 unspecified atom stereocenters. The highest BCUT2D eigenvalue weighted by atomic mass is 32.2. The summed E-state index contributed by atoms with van der Waals surface area (Å²) < 4.78 is 53.2. The fourth-order valence-electron chi connectivity index (χ4n) is 3.52. The second-order valence-corrected chi connectivity index (χ2v) is 8.68. The molecule has 0 amide bonds. The van der Waals surface area contributed by atoms with E-state index in [1.165, 1.54) is 4.31 Å². The summed E-state index contributed by atoms with van der Waals surface area (Å²) in [5.74, 6) is -2.31. The number of nitrogens with zero attached hydrogens (tertiary/aromatic N) is 2. The molecule has 0 saturated carbocycles. The maximum Gasteiger partial charge on any atom is 0.257 e. The number of benzene rings is 1. The molecule has 3 aromatic rings. The third-order valence-corrected chi connectivity index (χ3v) is 6.95. The van der Waals surface area contributed by atoms with Gasteiger partial charge in [0.2, 0.25) is 10.0 Å². The van der Waals surface area contributed by atoms with E-state index in [1.807, 2.05) is 6.07 Å². The summed E-state index contributed by atoms with van der Waals surface area (Å²) in [5, 5.41) is 0.504. The molecule has 1 aliphatic rings. The zero-order valence-corrected chi connectivity index (χ0v) is 15.5. The molecule has 0 atom stereocenters. The van der Waals surface area contributed by atoms with E-state index in [2.05, 4.69) is 9.97 Å². The van der Waals surface area contributed by atoms with E-state index in [0.717, 1.165) is 17.8 Å². The molecular weight excluding hydrogens is 388 g/mol. The van der Waals surface area contributed by atoms with Gasteiger partial charge in [0.05, 0.1) is 15.8 Å². The molecule has 0 bridgehead atoms. The van der Waals surface area contributed by atoms with Crippen molar-refractivity contribution >= 4 is 20.9 Å². The van der Waals surface area contributed by atoms with Crippen molar-refractivity contribution in [2.75, 3.05) is 13.1 Å². The number of aromatic amines is 1. The third kappa shape index (κ3) is 3.31. The predicted molar refractivity (Wildman–Crippen MR) is 99.5 cm³/mol. The average molecular weight is 405 g/mol. The number of aromatic nitrogens is 2. The molecule has 9 heteroatoms. The normalized spacial score (nSPS) is 16.5. The maximum atomic E-state index is 13.4. The van der Waals surface area contributed by atoms with E-state index in [0.29, 0.717) is 29.8 Å². The van der Waals surface area contributed by atoms with Gasteiger partial charge in [0.1, 0.15) is 0 Å². The Morgan fingerprint density at radius 3 is 2.54 bits per heavy atom. The van der Waals surface area contributed by atoms with Crippen molar-refractivity contribution in [2.24, 2.45) is 0 Å². The van der Waals surface area contributed by atoms with Gasteiger partial charge < -0.3 is 4.98 Å². The number of halogens is 2. The van der Waals surface area contributed by atoms with Crippen LogP contribution in [0.2, 0.25) is 0 Å². The second-order valence-electron chi connectivity index (χ2n) is 6.74. The van der Waals surface area contributed by atoms with Gasteiger partial charge in [-0.15, -0.1) is 0 Å². The number of hydrogen-bond donors (Lipinski definition) is 1. The Morgan fingerprint density at radius 1 is 1.07 bits per heavy atom. The van der Waals surface area contributed by atoms with E-state index in [-0.39, 0.29) is 29.5 Å². The Balaban J connectivity index is 1.54. The van der Waals surface area contributed by atoms with Crippen LogP contribution in [0.5, 0.6) is 0 Å². The Labute approximate surface area is 159 Å². The zero-order valence-electron chi connectivity index (χ0n) is 14.7. The van der Waals surface area contributed by atoms with Crippen LogP contribution in [0.4, 0.5) is 8.78 Å². The molecule has 4 rings (SSSR count). The number of sulfonamides is 1. The van der Waals surface area contributed by atoms with Crippen LogP contribution in [-0.4, -0.2) is 35.8 Å². The van der Waals surface area contributed by atoms with E-state index >= 15 is 0 Å². The van der Waals surface area contributed by atoms with Gasteiger partial charge in [-0.25, -0.2) is 17.2 Å². The zero-order chi connectivity index (χ0) is 19.9. The molecule has 0 radical (unpaired) electrons. The largest absolute Gasteiger partial charge is 0.325 e. The summed E-state index contributed by atoms with van der Waals surface area (Å²) in [5.41, 5.74) is 1.09. The lowest BCUT2D eigenvalue weighted by Gasteiger charge is -2.31. The molecule has 28 heavy (non-hydrogen) atoms. The fraction of sp³-hybridized carbons (Fsp3) is 0.263. The molecule has 1 saturated heterocycles. The Morgan fingerprint density at radius 2 is 1.82 bits per heavy atom. The molecule has 1 aromatic carbocycles. The molecular formula is C19H17F2N3O3S. The maximum absolute atomic E-state index is 13.4. The molecule has 3 heterocycles. The average Bonchev–Trinajstić information content (AvgIpc) is 2.70. The van der Waals surface area contributed by atoms with E-state index in [9.17, 15) is 22.0 Å². The lowest BCUT2D eigenvalue weighted by atomic mass is 9.94. The summed E-state index contributed by atoms with van der Waals surface area (Å²) >= 11 is 0. The van der Waals surface area contributed by atoms with Crippen molar-refractivity contribution in [1.82, 2.24) is 14.3 Å². The molecule has 1 fully saturated rings. The van der Waals surface area contributed by atoms with Gasteiger partial charge >= 0.3 is 0 Å². The van der Waals surface area contributed by atoms with Crippen LogP contribution in [0.15, 0.2) is 52.3 Å². The SMILES string of the molecule is O=c1[nH]c(C2CCN(S(=O)(=O)c3ccc(F)c(F)c3)CC2)cc2ncccc12. The third-order valence-electron chi connectivity index (χ3n) is 5.06. The monoisotopic (exact) mass is 405 g/mol. The summed E-state index contributed by atoms with van der Waals surface area (Å²) in [6, 6.07) is 7.78. The number of fused-ring (bicyclic) bond motifs is 1. The van der Waals surface area contributed by atoms with Gasteiger partial charge in [0.25, 0.3) is 5.56 Å². The van der Waals surface area contributed by atoms with Crippen LogP contribution in [-0.2, 0) is 10.0 Å². The van der Waals surface area contributed by atoms with Gasteiger partial charge in [-0.05, 0) is 49.2 Å². The molecule has 2 aromatic heterocycles. The first-order valence-corrected chi connectivity index (χ1v) is 10.2. The fourth-order valence-corrected chi connectivity index (χ4v) is 5.00. The topological polar surface area (TPSA) is 83.1 Å². The Kier molecular flexibility index (Phi) is 4.72. The van der Waals surface area contributed by atoms with Crippen LogP contribution in [0.1, 0.15) is 24.5 Å². The standard InChI is InChI=1S/C19H17F2N3O3S/c20-15-4-3-13(10-16(15)21)28(26,27)24-8-5-12(6-9-24)17-11-18-14(19(25)23-17)2-1-7-22-18/h1-4,7,10-12H,5-6,8-9H2,(H,23,25). The van der Waals surface area contributed by atoms with Crippen LogP contribution >= 0.6 is 0 Å². The number of rotatable bonds is 3. The first-order chi connectivity index (χ1) is 13.4. The van der Waals surface area contributed by atoms with Crippen molar-refractivity contribution in [1.29, 1.82) is 0 Å². The van der Waals surface area contributed by atoms with Crippen molar-refractivity contribution in [2.45, 2.75) is 23.7 Å². The molecule has 0 spiro atoms. The number of nitrogens with one attached hydrogen (secondary N) is 1. The van der Waals surface area contributed by atoms with Crippen LogP contribution in [0, 0.1) is 11.6 Å². The smallest absolute Gasteiger partial charge is 0.257 e. The number of piperidine rings is 1. The molecule has 1 aliphatic heterocycles. The summed E-state index contributed by atoms with van der Waals surface area (Å²) in [6.45, 7) is 0.433. The highest BCUT2D eigenvalue weighted by Gasteiger charge is 2.31. The molecule has 1 N–H and O–H groups in total. The first-order valence-electron chi connectivity index (χ1n) is 8.79. The van der Waals surface area contributed by atoms with Crippen molar-refractivity contribution in [3.8, 4) is 0 Å². The number of hydrogen-bond acceptors (Lipinski definition) is 4.